The normalized spacial score (nSPS) is 11.0. The van der Waals surface area contributed by atoms with Crippen molar-refractivity contribution in [2.75, 3.05) is 19.8 Å². The predicted molar refractivity (Wildman–Crippen MR) is 127 cm³/mol. The van der Waals surface area contributed by atoms with E-state index in [1.54, 1.807) is 24.3 Å². The molecule has 3 aromatic rings. The summed E-state index contributed by atoms with van der Waals surface area (Å²) in [7, 11) is 0. The number of unbranched alkanes of at least 4 members (excludes halogenated alkanes) is 2. The largest absolute Gasteiger partial charge is 0.506 e. The van der Waals surface area contributed by atoms with Crippen molar-refractivity contribution in [2.24, 2.45) is 0 Å². The zero-order valence-corrected chi connectivity index (χ0v) is 19.0. The highest BCUT2D eigenvalue weighted by Gasteiger charge is 2.10. The number of nitrogens with zero attached hydrogens (tertiary/aromatic N) is 1. The number of nitro groups is 1. The molecule has 0 saturated carbocycles. The Bertz CT molecular complexity index is 1140. The molecule has 0 spiro atoms. The van der Waals surface area contributed by atoms with Gasteiger partial charge in [-0.25, -0.2) is 0 Å². The fourth-order valence-corrected chi connectivity index (χ4v) is 4.34. The molecule has 0 aliphatic heterocycles. The maximum absolute atomic E-state index is 12.0. The summed E-state index contributed by atoms with van der Waals surface area (Å²) in [6.45, 7) is 1.64. The number of nitrogens with one attached hydrogen (secondary N) is 2. The van der Waals surface area contributed by atoms with E-state index in [1.807, 2.05) is 0 Å². The second-order valence-corrected chi connectivity index (χ2v) is 8.64. The molecule has 0 atom stereocenters. The van der Waals surface area contributed by atoms with E-state index >= 15 is 0 Å². The highest BCUT2D eigenvalue weighted by molar-refractivity contribution is 7.16. The van der Waals surface area contributed by atoms with E-state index in [0.717, 1.165) is 46.4 Å². The van der Waals surface area contributed by atoms with E-state index in [-0.39, 0.29) is 22.2 Å². The number of H-pyrrole nitrogens is 1. The number of carbonyl (C=O) groups excluding carboxylic acids is 1. The highest BCUT2D eigenvalue weighted by Crippen LogP contribution is 2.27. The second-order valence-electron chi connectivity index (χ2n) is 7.66. The van der Waals surface area contributed by atoms with Gasteiger partial charge in [0, 0.05) is 31.7 Å². The van der Waals surface area contributed by atoms with Gasteiger partial charge in [0.1, 0.15) is 11.3 Å². The predicted octanol–water partition coefficient (Wildman–Crippen LogP) is 3.68. The summed E-state index contributed by atoms with van der Waals surface area (Å²) in [5.74, 6) is 0.0397. The van der Waals surface area contributed by atoms with Crippen LogP contribution in [0, 0.1) is 10.1 Å². The van der Waals surface area contributed by atoms with Crippen LogP contribution in [-0.4, -0.2) is 40.7 Å². The number of thiazole rings is 1. The van der Waals surface area contributed by atoms with Crippen molar-refractivity contribution >= 4 is 33.1 Å². The summed E-state index contributed by atoms with van der Waals surface area (Å²) in [5.41, 5.74) is 2.44. The van der Waals surface area contributed by atoms with Crippen molar-refractivity contribution in [2.45, 2.75) is 38.5 Å². The first kappa shape index (κ1) is 24.4. The van der Waals surface area contributed by atoms with Crippen LogP contribution in [0.2, 0.25) is 0 Å². The first-order chi connectivity index (χ1) is 15.9. The number of rotatable bonds is 13. The van der Waals surface area contributed by atoms with Gasteiger partial charge in [-0.1, -0.05) is 36.0 Å². The molecule has 0 unspecified atom stereocenters. The number of carbonyl (C=O) groups is 1. The third-order valence-corrected chi connectivity index (χ3v) is 6.19. The van der Waals surface area contributed by atoms with Gasteiger partial charge in [0.05, 0.1) is 16.2 Å². The van der Waals surface area contributed by atoms with Crippen molar-refractivity contribution in [1.82, 2.24) is 10.3 Å². The summed E-state index contributed by atoms with van der Waals surface area (Å²) >= 11 is 1.06. The van der Waals surface area contributed by atoms with Crippen LogP contribution in [0.1, 0.15) is 36.8 Å². The van der Waals surface area contributed by atoms with Crippen molar-refractivity contribution in [3.63, 3.8) is 0 Å². The Morgan fingerprint density at radius 3 is 2.64 bits per heavy atom. The Labute approximate surface area is 194 Å². The van der Waals surface area contributed by atoms with Gasteiger partial charge in [0.25, 0.3) is 5.69 Å². The number of ether oxygens (including phenoxy) is 1. The number of nitro benzene ring substituents is 1. The van der Waals surface area contributed by atoms with Crippen molar-refractivity contribution < 1.29 is 19.6 Å². The number of hydrogen-bond acceptors (Lipinski definition) is 7. The lowest BCUT2D eigenvalue weighted by molar-refractivity contribution is -0.384. The molecule has 0 fully saturated rings. The number of phenolic OH excluding ortho intramolecular Hbond substituents is 1. The molecule has 3 N–H and O–H groups in total. The van der Waals surface area contributed by atoms with Crippen LogP contribution in [0.4, 0.5) is 5.69 Å². The van der Waals surface area contributed by atoms with E-state index in [1.165, 1.54) is 12.1 Å². The maximum Gasteiger partial charge on any atom is 0.305 e. The average molecular weight is 474 g/mol. The van der Waals surface area contributed by atoms with Crippen LogP contribution in [0.3, 0.4) is 0 Å². The number of aromatic amines is 1. The van der Waals surface area contributed by atoms with E-state index < -0.39 is 4.92 Å². The van der Waals surface area contributed by atoms with Crippen LogP contribution in [0.25, 0.3) is 10.2 Å². The summed E-state index contributed by atoms with van der Waals surface area (Å²) in [6, 6.07) is 9.80. The topological polar surface area (TPSA) is 135 Å². The molecule has 10 heteroatoms. The van der Waals surface area contributed by atoms with Gasteiger partial charge in [0.15, 0.2) is 0 Å². The molecule has 0 saturated heterocycles. The van der Waals surface area contributed by atoms with Crippen LogP contribution in [0.15, 0.2) is 41.2 Å². The lowest BCUT2D eigenvalue weighted by Gasteiger charge is -2.07. The number of aromatic nitrogens is 1. The fourth-order valence-electron chi connectivity index (χ4n) is 3.44. The third kappa shape index (κ3) is 7.40. The minimum Gasteiger partial charge on any atom is -0.506 e. The molecule has 0 radical (unpaired) electrons. The standard InChI is InChI=1S/C23H27N3O6S/c27-19-10-7-17(22-21(19)25-23(29)33-22)11-13-24-20(28)4-2-1-3-14-32-15-12-16-5-8-18(9-6-16)26(30)31/h5-10,27H,1-4,11-15H2,(H,24,28)(H,25,29). The Morgan fingerprint density at radius 1 is 1.09 bits per heavy atom. The fraction of sp³-hybridized carbons (Fsp3) is 0.391. The molecule has 1 aromatic heterocycles. The van der Waals surface area contributed by atoms with Crippen molar-refractivity contribution in [3.8, 4) is 5.75 Å². The molecular formula is C23H27N3O6S. The number of benzene rings is 2. The minimum atomic E-state index is -0.415. The monoisotopic (exact) mass is 473 g/mol. The molecule has 33 heavy (non-hydrogen) atoms. The lowest BCUT2D eigenvalue weighted by Crippen LogP contribution is -2.25. The van der Waals surface area contributed by atoms with Gasteiger partial charge in [-0.3, -0.25) is 19.7 Å². The smallest absolute Gasteiger partial charge is 0.305 e. The van der Waals surface area contributed by atoms with Crippen LogP contribution >= 0.6 is 11.3 Å². The number of aromatic hydroxyl groups is 1. The average Bonchev–Trinajstić information content (AvgIpc) is 3.20. The van der Waals surface area contributed by atoms with Gasteiger partial charge < -0.3 is 20.1 Å². The van der Waals surface area contributed by atoms with Gasteiger partial charge >= 0.3 is 4.87 Å². The molecule has 176 valence electrons. The molecule has 0 aliphatic rings. The first-order valence-corrected chi connectivity index (χ1v) is 11.7. The Kier molecular flexibility index (Phi) is 8.96. The molecule has 3 rings (SSSR count). The van der Waals surface area contributed by atoms with Crippen molar-refractivity contribution in [1.29, 1.82) is 0 Å². The molecular weight excluding hydrogens is 446 g/mol. The van der Waals surface area contributed by atoms with E-state index in [9.17, 15) is 24.8 Å². The molecule has 9 nitrogen and oxygen atoms in total. The Hall–Kier alpha value is -3.24. The summed E-state index contributed by atoms with van der Waals surface area (Å²) in [4.78, 5) is 36.2. The zero-order valence-electron chi connectivity index (χ0n) is 18.2. The quantitative estimate of drug-likeness (QED) is 0.197. The van der Waals surface area contributed by atoms with E-state index in [0.29, 0.717) is 44.5 Å². The second kappa shape index (κ2) is 12.1. The summed E-state index contributed by atoms with van der Waals surface area (Å²) in [5, 5.41) is 23.4. The summed E-state index contributed by atoms with van der Waals surface area (Å²) < 4.78 is 6.33. The molecule has 0 aliphatic carbocycles. The van der Waals surface area contributed by atoms with Gasteiger partial charge in [0.2, 0.25) is 5.91 Å². The maximum atomic E-state index is 12.0. The number of amides is 1. The van der Waals surface area contributed by atoms with Gasteiger partial charge in [-0.15, -0.1) is 0 Å². The zero-order chi connectivity index (χ0) is 23.6. The van der Waals surface area contributed by atoms with Gasteiger partial charge in [-0.2, -0.15) is 0 Å². The Morgan fingerprint density at radius 2 is 1.88 bits per heavy atom. The number of non-ortho nitro benzene ring substituents is 1. The molecule has 1 amide bonds. The molecule has 2 aromatic carbocycles. The number of fused-ring (bicyclic) bond motifs is 1. The highest BCUT2D eigenvalue weighted by atomic mass is 32.1. The van der Waals surface area contributed by atoms with Crippen molar-refractivity contribution in [3.05, 3.63) is 67.3 Å². The van der Waals surface area contributed by atoms with Crippen LogP contribution in [0.5, 0.6) is 5.75 Å². The molecule has 0 bridgehead atoms. The molecule has 1 heterocycles. The van der Waals surface area contributed by atoms with E-state index in [4.69, 9.17) is 4.74 Å². The van der Waals surface area contributed by atoms with Gasteiger partial charge in [-0.05, 0) is 42.9 Å². The minimum absolute atomic E-state index is 0.00799. The van der Waals surface area contributed by atoms with Crippen LogP contribution < -0.4 is 10.2 Å². The first-order valence-electron chi connectivity index (χ1n) is 10.9. The number of phenols is 1. The van der Waals surface area contributed by atoms with Crippen LogP contribution in [-0.2, 0) is 22.4 Å². The SMILES string of the molecule is O=C(CCCCCOCCc1ccc([N+](=O)[O-])cc1)NCCc1ccc(O)c2[nH]c(=O)sc12. The summed E-state index contributed by atoms with van der Waals surface area (Å²) in [6.07, 6.45) is 4.27. The third-order valence-electron chi connectivity index (χ3n) is 5.23. The number of hydrogen-bond donors (Lipinski definition) is 3. The Balaban J connectivity index is 1.23. The van der Waals surface area contributed by atoms with E-state index in [2.05, 4.69) is 10.3 Å². The lowest BCUT2D eigenvalue weighted by atomic mass is 10.1.